The van der Waals surface area contributed by atoms with Gasteiger partial charge >= 0.3 is 0 Å². The van der Waals surface area contributed by atoms with Crippen LogP contribution in [0.1, 0.15) is 25.0 Å². The Hall–Kier alpha value is -2.54. The Kier molecular flexibility index (Phi) is 3.05. The van der Waals surface area contributed by atoms with Crippen molar-refractivity contribution < 1.29 is 0 Å². The summed E-state index contributed by atoms with van der Waals surface area (Å²) >= 11 is 0. The molecule has 3 aromatic rings. The zero-order valence-corrected chi connectivity index (χ0v) is 13.9. The summed E-state index contributed by atoms with van der Waals surface area (Å²) in [7, 11) is 2.13. The number of hydrogen-bond donors (Lipinski definition) is 0. The average Bonchev–Trinajstić information content (AvgIpc) is 2.83. The fraction of sp³-hybridized carbons (Fsp3) is 0.182. The number of rotatable bonds is 2. The lowest BCUT2D eigenvalue weighted by molar-refractivity contribution is 0.660. The molecule has 0 atom stereocenters. The quantitative estimate of drug-likeness (QED) is 0.581. The highest BCUT2D eigenvalue weighted by Crippen LogP contribution is 2.49. The van der Waals surface area contributed by atoms with Crippen LogP contribution in [-0.2, 0) is 5.41 Å². The molecular formula is C22H21N. The number of nitrogens with zero attached hydrogens (tertiary/aromatic N) is 1. The maximum absolute atomic E-state index is 2.35. The van der Waals surface area contributed by atoms with Gasteiger partial charge in [0.2, 0.25) is 0 Å². The minimum atomic E-state index is 0.0550. The van der Waals surface area contributed by atoms with E-state index in [0.717, 1.165) is 0 Å². The van der Waals surface area contributed by atoms with Crippen molar-refractivity contribution in [2.45, 2.75) is 19.3 Å². The van der Waals surface area contributed by atoms with Gasteiger partial charge in [-0.05, 0) is 46.5 Å². The second kappa shape index (κ2) is 4.99. The lowest BCUT2D eigenvalue weighted by Gasteiger charge is -2.25. The van der Waals surface area contributed by atoms with Gasteiger partial charge in [0.05, 0.1) is 0 Å². The van der Waals surface area contributed by atoms with Crippen LogP contribution in [0.3, 0.4) is 0 Å². The van der Waals surface area contributed by atoms with Crippen LogP contribution in [0.25, 0.3) is 11.1 Å². The summed E-state index contributed by atoms with van der Waals surface area (Å²) in [5.74, 6) is 0. The Balaban J connectivity index is 1.83. The Morgan fingerprint density at radius 1 is 0.652 bits per heavy atom. The first-order valence-corrected chi connectivity index (χ1v) is 8.12. The predicted octanol–water partition coefficient (Wildman–Crippen LogP) is 5.76. The lowest BCUT2D eigenvalue weighted by Crippen LogP contribution is -2.16. The van der Waals surface area contributed by atoms with E-state index in [1.165, 1.54) is 33.6 Å². The molecule has 0 spiro atoms. The first-order chi connectivity index (χ1) is 11.1. The number of para-hydroxylation sites is 1. The largest absolute Gasteiger partial charge is 0.345 e. The van der Waals surface area contributed by atoms with Gasteiger partial charge in [0.25, 0.3) is 0 Å². The minimum absolute atomic E-state index is 0.0550. The van der Waals surface area contributed by atoms with E-state index in [2.05, 4.69) is 98.6 Å². The number of anilines is 2. The van der Waals surface area contributed by atoms with Crippen molar-refractivity contribution >= 4 is 11.4 Å². The summed E-state index contributed by atoms with van der Waals surface area (Å²) in [6, 6.07) is 26.1. The van der Waals surface area contributed by atoms with Crippen LogP contribution in [0.2, 0.25) is 0 Å². The molecule has 0 N–H and O–H groups in total. The third-order valence-corrected chi connectivity index (χ3v) is 5.10. The van der Waals surface area contributed by atoms with Gasteiger partial charge in [0, 0.05) is 23.8 Å². The molecular weight excluding hydrogens is 278 g/mol. The molecule has 23 heavy (non-hydrogen) atoms. The molecule has 0 radical (unpaired) electrons. The van der Waals surface area contributed by atoms with Gasteiger partial charge < -0.3 is 4.90 Å². The van der Waals surface area contributed by atoms with Gasteiger partial charge in [0.1, 0.15) is 0 Å². The predicted molar refractivity (Wildman–Crippen MR) is 98.5 cm³/mol. The highest BCUT2D eigenvalue weighted by atomic mass is 15.1. The zero-order valence-electron chi connectivity index (χ0n) is 13.9. The fourth-order valence-corrected chi connectivity index (χ4v) is 3.70. The number of benzene rings is 3. The van der Waals surface area contributed by atoms with Crippen LogP contribution in [0.15, 0.2) is 72.8 Å². The van der Waals surface area contributed by atoms with E-state index < -0.39 is 0 Å². The van der Waals surface area contributed by atoms with Gasteiger partial charge in [-0.1, -0.05) is 62.4 Å². The van der Waals surface area contributed by atoms with Crippen LogP contribution in [-0.4, -0.2) is 7.05 Å². The highest BCUT2D eigenvalue weighted by molar-refractivity contribution is 5.83. The maximum atomic E-state index is 2.35. The van der Waals surface area contributed by atoms with E-state index in [-0.39, 0.29) is 5.41 Å². The number of fused-ring (bicyclic) bond motifs is 3. The maximum Gasteiger partial charge on any atom is 0.0411 e. The van der Waals surface area contributed by atoms with E-state index in [1.807, 2.05) is 0 Å². The minimum Gasteiger partial charge on any atom is -0.345 e. The van der Waals surface area contributed by atoms with Crippen LogP contribution in [0.4, 0.5) is 11.4 Å². The molecule has 0 bridgehead atoms. The van der Waals surface area contributed by atoms with E-state index >= 15 is 0 Å². The van der Waals surface area contributed by atoms with Gasteiger partial charge in [-0.3, -0.25) is 0 Å². The Morgan fingerprint density at radius 3 is 2.09 bits per heavy atom. The molecule has 0 saturated carbocycles. The molecule has 1 aliphatic rings. The summed E-state index contributed by atoms with van der Waals surface area (Å²) in [5.41, 5.74) is 8.08. The number of hydrogen-bond acceptors (Lipinski definition) is 1. The zero-order chi connectivity index (χ0) is 16.0. The van der Waals surface area contributed by atoms with Crippen molar-refractivity contribution in [3.8, 4) is 11.1 Å². The molecule has 1 aliphatic carbocycles. The van der Waals surface area contributed by atoms with Gasteiger partial charge in [-0.15, -0.1) is 0 Å². The van der Waals surface area contributed by atoms with Crippen molar-refractivity contribution in [1.29, 1.82) is 0 Å². The average molecular weight is 299 g/mol. The molecule has 114 valence electrons. The summed E-state index contributed by atoms with van der Waals surface area (Å²) in [6.07, 6.45) is 0. The van der Waals surface area contributed by atoms with Crippen LogP contribution >= 0.6 is 0 Å². The highest BCUT2D eigenvalue weighted by Gasteiger charge is 2.35. The molecule has 0 saturated heterocycles. The topological polar surface area (TPSA) is 3.24 Å². The van der Waals surface area contributed by atoms with Gasteiger partial charge in [-0.25, -0.2) is 0 Å². The van der Waals surface area contributed by atoms with E-state index in [1.54, 1.807) is 0 Å². The van der Waals surface area contributed by atoms with Crippen molar-refractivity contribution in [2.24, 2.45) is 0 Å². The second-order valence-electron chi connectivity index (χ2n) is 6.80. The summed E-state index contributed by atoms with van der Waals surface area (Å²) < 4.78 is 0. The molecule has 1 nitrogen and oxygen atoms in total. The summed E-state index contributed by atoms with van der Waals surface area (Å²) in [6.45, 7) is 4.65. The Morgan fingerprint density at radius 2 is 1.30 bits per heavy atom. The first-order valence-electron chi connectivity index (χ1n) is 8.12. The SMILES string of the molecule is CN(c1ccccc1)c1ccc2c(c1)C(C)(C)c1ccccc1-2. The third-order valence-electron chi connectivity index (χ3n) is 5.10. The molecule has 0 aromatic heterocycles. The molecule has 0 aliphatic heterocycles. The Labute approximate surface area is 138 Å². The Bertz CT molecular complexity index is 862. The summed E-state index contributed by atoms with van der Waals surface area (Å²) in [5, 5.41) is 0. The van der Waals surface area contributed by atoms with Crippen LogP contribution < -0.4 is 4.90 Å². The summed E-state index contributed by atoms with van der Waals surface area (Å²) in [4.78, 5) is 2.25. The molecule has 4 rings (SSSR count). The molecule has 3 aromatic carbocycles. The molecule has 0 unspecified atom stereocenters. The van der Waals surface area contributed by atoms with E-state index in [9.17, 15) is 0 Å². The first kappa shape index (κ1) is 14.1. The van der Waals surface area contributed by atoms with Gasteiger partial charge in [0.15, 0.2) is 0 Å². The standard InChI is InChI=1S/C22H21N/c1-22(2)20-12-8-7-11-18(20)19-14-13-17(15-21(19)22)23(3)16-9-5-4-6-10-16/h4-15H,1-3H3. The van der Waals surface area contributed by atoms with Crippen molar-refractivity contribution in [3.63, 3.8) is 0 Å². The molecule has 0 amide bonds. The fourth-order valence-electron chi connectivity index (χ4n) is 3.70. The van der Waals surface area contributed by atoms with E-state index in [4.69, 9.17) is 0 Å². The van der Waals surface area contributed by atoms with E-state index in [0.29, 0.717) is 0 Å². The monoisotopic (exact) mass is 299 g/mol. The normalized spacial score (nSPS) is 14.2. The van der Waals surface area contributed by atoms with Crippen LogP contribution in [0, 0.1) is 0 Å². The smallest absolute Gasteiger partial charge is 0.0411 e. The molecule has 1 heteroatoms. The lowest BCUT2D eigenvalue weighted by atomic mass is 9.82. The van der Waals surface area contributed by atoms with Crippen molar-refractivity contribution in [2.75, 3.05) is 11.9 Å². The molecule has 0 fully saturated rings. The van der Waals surface area contributed by atoms with Crippen molar-refractivity contribution in [3.05, 3.63) is 83.9 Å². The van der Waals surface area contributed by atoms with Gasteiger partial charge in [-0.2, -0.15) is 0 Å². The molecule has 0 heterocycles. The van der Waals surface area contributed by atoms with Crippen LogP contribution in [0.5, 0.6) is 0 Å². The second-order valence-corrected chi connectivity index (χ2v) is 6.80. The van der Waals surface area contributed by atoms with Crippen molar-refractivity contribution in [1.82, 2.24) is 0 Å². The third kappa shape index (κ3) is 2.08.